The van der Waals surface area contributed by atoms with Crippen molar-refractivity contribution in [3.63, 3.8) is 0 Å². The van der Waals surface area contributed by atoms with Crippen LogP contribution in [0, 0.1) is 0 Å². The summed E-state index contributed by atoms with van der Waals surface area (Å²) in [5.74, 6) is -1.77. The van der Waals surface area contributed by atoms with Crippen molar-refractivity contribution in [3.05, 3.63) is 65.3 Å². The Bertz CT molecular complexity index is 1050. The Morgan fingerprint density at radius 2 is 1.90 bits per heavy atom. The van der Waals surface area contributed by atoms with Gasteiger partial charge >= 0.3 is 12.0 Å². The molecule has 3 amide bonds. The molecule has 150 valence electrons. The van der Waals surface area contributed by atoms with Gasteiger partial charge in [0.05, 0.1) is 6.54 Å². The number of rotatable bonds is 7. The third kappa shape index (κ3) is 5.49. The third-order valence-corrected chi connectivity index (χ3v) is 4.46. The van der Waals surface area contributed by atoms with E-state index < -0.39 is 23.9 Å². The fourth-order valence-electron chi connectivity index (χ4n) is 2.87. The molecule has 0 saturated heterocycles. The zero-order chi connectivity index (χ0) is 20.8. The lowest BCUT2D eigenvalue weighted by molar-refractivity contribution is -0.141. The minimum atomic E-state index is -1.16. The predicted octanol–water partition coefficient (Wildman–Crippen LogP) is 2.75. The Kier molecular flexibility index (Phi) is 6.36. The van der Waals surface area contributed by atoms with Crippen LogP contribution < -0.4 is 16.0 Å². The van der Waals surface area contributed by atoms with Crippen LogP contribution >= 0.6 is 11.6 Å². The molecule has 0 aliphatic heterocycles. The van der Waals surface area contributed by atoms with Crippen LogP contribution in [0.4, 0.5) is 10.5 Å². The van der Waals surface area contributed by atoms with Crippen LogP contribution in [0.5, 0.6) is 0 Å². The number of aromatic amines is 1. The SMILES string of the molecule is O=C(CNC(=O)Nc1cccc(Cl)c1)N[C@@H](Cc1c[nH]c2ccccc12)C(=O)O. The molecule has 5 N–H and O–H groups in total. The number of carboxylic acids is 1. The smallest absolute Gasteiger partial charge is 0.326 e. The molecule has 1 atom stereocenters. The third-order valence-electron chi connectivity index (χ3n) is 4.22. The first kappa shape index (κ1) is 20.2. The average molecular weight is 415 g/mol. The molecular formula is C20H19ClN4O4. The lowest BCUT2D eigenvalue weighted by Gasteiger charge is -2.15. The summed E-state index contributed by atoms with van der Waals surface area (Å²) >= 11 is 5.84. The van der Waals surface area contributed by atoms with Crippen molar-refractivity contribution in [3.8, 4) is 0 Å². The van der Waals surface area contributed by atoms with E-state index in [9.17, 15) is 19.5 Å². The van der Waals surface area contributed by atoms with E-state index >= 15 is 0 Å². The Labute approximate surface area is 171 Å². The van der Waals surface area contributed by atoms with E-state index in [0.29, 0.717) is 10.7 Å². The molecule has 0 saturated carbocycles. The molecule has 0 radical (unpaired) electrons. The summed E-state index contributed by atoms with van der Waals surface area (Å²) in [5, 5.41) is 18.2. The topological polar surface area (TPSA) is 123 Å². The second kappa shape index (κ2) is 9.11. The van der Waals surface area contributed by atoms with Crippen LogP contribution in [0.3, 0.4) is 0 Å². The quantitative estimate of drug-likeness (QED) is 0.408. The van der Waals surface area contributed by atoms with Crippen LogP contribution in [-0.4, -0.2) is 40.6 Å². The van der Waals surface area contributed by atoms with E-state index in [-0.39, 0.29) is 13.0 Å². The molecule has 0 aliphatic carbocycles. The molecule has 0 fully saturated rings. The summed E-state index contributed by atoms with van der Waals surface area (Å²) in [6, 6.07) is 12.3. The largest absolute Gasteiger partial charge is 0.480 e. The Balaban J connectivity index is 1.54. The number of anilines is 1. The number of aliphatic carboxylic acids is 1. The summed E-state index contributed by atoms with van der Waals surface area (Å²) in [6.45, 7) is -0.371. The van der Waals surface area contributed by atoms with Gasteiger partial charge in [-0.2, -0.15) is 0 Å². The van der Waals surface area contributed by atoms with Crippen LogP contribution in [0.15, 0.2) is 54.7 Å². The van der Waals surface area contributed by atoms with Gasteiger partial charge in [-0.25, -0.2) is 9.59 Å². The lowest BCUT2D eigenvalue weighted by atomic mass is 10.1. The van der Waals surface area contributed by atoms with Crippen LogP contribution in [0.25, 0.3) is 10.9 Å². The maximum absolute atomic E-state index is 12.1. The highest BCUT2D eigenvalue weighted by atomic mass is 35.5. The molecule has 3 rings (SSSR count). The Morgan fingerprint density at radius 3 is 2.66 bits per heavy atom. The van der Waals surface area contributed by atoms with Crippen molar-refractivity contribution >= 4 is 46.1 Å². The van der Waals surface area contributed by atoms with E-state index in [1.807, 2.05) is 24.3 Å². The molecule has 1 aromatic heterocycles. The number of hydrogen-bond acceptors (Lipinski definition) is 3. The molecule has 29 heavy (non-hydrogen) atoms. The zero-order valence-electron chi connectivity index (χ0n) is 15.2. The molecule has 0 spiro atoms. The number of halogens is 1. The number of carbonyl (C=O) groups excluding carboxylic acids is 2. The van der Waals surface area contributed by atoms with Gasteiger partial charge in [0.1, 0.15) is 6.04 Å². The zero-order valence-corrected chi connectivity index (χ0v) is 16.0. The average Bonchev–Trinajstić information content (AvgIpc) is 3.09. The van der Waals surface area contributed by atoms with Gasteiger partial charge in [-0.3, -0.25) is 4.79 Å². The van der Waals surface area contributed by atoms with Crippen molar-refractivity contribution in [1.29, 1.82) is 0 Å². The second-order valence-corrected chi connectivity index (χ2v) is 6.78. The molecule has 0 bridgehead atoms. The first-order valence-corrected chi connectivity index (χ1v) is 9.18. The summed E-state index contributed by atoms with van der Waals surface area (Å²) in [6.07, 6.45) is 1.84. The number of hydrogen-bond donors (Lipinski definition) is 5. The van der Waals surface area contributed by atoms with Crippen LogP contribution in [-0.2, 0) is 16.0 Å². The van der Waals surface area contributed by atoms with E-state index in [1.165, 1.54) is 0 Å². The van der Waals surface area contributed by atoms with Gasteiger partial charge in [-0.15, -0.1) is 0 Å². The minimum absolute atomic E-state index is 0.111. The van der Waals surface area contributed by atoms with Crippen molar-refractivity contribution in [2.75, 3.05) is 11.9 Å². The highest BCUT2D eigenvalue weighted by Gasteiger charge is 2.22. The van der Waals surface area contributed by atoms with Gasteiger partial charge < -0.3 is 26.0 Å². The molecular weight excluding hydrogens is 396 g/mol. The van der Waals surface area contributed by atoms with Gasteiger partial charge in [0.15, 0.2) is 0 Å². The number of nitrogens with one attached hydrogen (secondary N) is 4. The minimum Gasteiger partial charge on any atom is -0.480 e. The fourth-order valence-corrected chi connectivity index (χ4v) is 3.06. The molecule has 0 unspecified atom stereocenters. The number of carbonyl (C=O) groups is 3. The number of carboxylic acid groups (broad SMARTS) is 1. The maximum atomic E-state index is 12.1. The highest BCUT2D eigenvalue weighted by Crippen LogP contribution is 2.19. The number of H-pyrrole nitrogens is 1. The van der Waals surface area contributed by atoms with Crippen LogP contribution in [0.2, 0.25) is 5.02 Å². The fraction of sp³-hybridized carbons (Fsp3) is 0.150. The van der Waals surface area contributed by atoms with Gasteiger partial charge in [0.25, 0.3) is 0 Å². The molecule has 0 aliphatic rings. The summed E-state index contributed by atoms with van der Waals surface area (Å²) in [4.78, 5) is 38.6. The highest BCUT2D eigenvalue weighted by molar-refractivity contribution is 6.30. The number of para-hydroxylation sites is 1. The number of aromatic nitrogens is 1. The Hall–Kier alpha value is -3.52. The van der Waals surface area contributed by atoms with E-state index in [1.54, 1.807) is 30.5 Å². The second-order valence-electron chi connectivity index (χ2n) is 6.34. The van der Waals surface area contributed by atoms with Crippen molar-refractivity contribution in [1.82, 2.24) is 15.6 Å². The van der Waals surface area contributed by atoms with Gasteiger partial charge in [-0.05, 0) is 29.8 Å². The lowest BCUT2D eigenvalue weighted by Crippen LogP contribution is -2.47. The van der Waals surface area contributed by atoms with Crippen molar-refractivity contribution in [2.24, 2.45) is 0 Å². The first-order chi connectivity index (χ1) is 13.9. The molecule has 1 heterocycles. The number of benzene rings is 2. The number of amides is 3. The predicted molar refractivity (Wildman–Crippen MR) is 110 cm³/mol. The Morgan fingerprint density at radius 1 is 1.10 bits per heavy atom. The number of fused-ring (bicyclic) bond motifs is 1. The van der Waals surface area contributed by atoms with E-state index in [2.05, 4.69) is 20.9 Å². The molecule has 3 aromatic rings. The van der Waals surface area contributed by atoms with E-state index in [4.69, 9.17) is 11.6 Å². The normalized spacial score (nSPS) is 11.6. The summed E-state index contributed by atoms with van der Waals surface area (Å²) in [5.41, 5.74) is 2.13. The van der Waals surface area contributed by atoms with Gasteiger partial charge in [0, 0.05) is 34.2 Å². The first-order valence-electron chi connectivity index (χ1n) is 8.80. The number of urea groups is 1. The monoisotopic (exact) mass is 414 g/mol. The summed E-state index contributed by atoms with van der Waals surface area (Å²) in [7, 11) is 0. The van der Waals surface area contributed by atoms with Crippen LogP contribution in [0.1, 0.15) is 5.56 Å². The van der Waals surface area contributed by atoms with Crippen molar-refractivity contribution in [2.45, 2.75) is 12.5 Å². The maximum Gasteiger partial charge on any atom is 0.326 e. The molecule has 9 heteroatoms. The van der Waals surface area contributed by atoms with Crippen molar-refractivity contribution < 1.29 is 19.5 Å². The molecule has 2 aromatic carbocycles. The van der Waals surface area contributed by atoms with Gasteiger partial charge in [-0.1, -0.05) is 35.9 Å². The molecule has 8 nitrogen and oxygen atoms in total. The van der Waals surface area contributed by atoms with E-state index in [0.717, 1.165) is 16.5 Å². The van der Waals surface area contributed by atoms with Gasteiger partial charge in [0.2, 0.25) is 5.91 Å². The summed E-state index contributed by atoms with van der Waals surface area (Å²) < 4.78 is 0. The standard InChI is InChI=1S/C20H19ClN4O4/c21-13-4-3-5-14(9-13)24-20(29)23-11-18(26)25-17(19(27)28)8-12-10-22-16-7-2-1-6-15(12)16/h1-7,9-10,17,22H,8,11H2,(H,25,26)(H,27,28)(H2,23,24,29)/t17-/m0/s1.